The van der Waals surface area contributed by atoms with Crippen molar-refractivity contribution in [2.24, 2.45) is 5.73 Å². The van der Waals surface area contributed by atoms with Crippen molar-refractivity contribution in [3.63, 3.8) is 0 Å². The van der Waals surface area contributed by atoms with Gasteiger partial charge in [0, 0.05) is 35.9 Å². The van der Waals surface area contributed by atoms with Gasteiger partial charge in [-0.1, -0.05) is 11.6 Å². The highest BCUT2D eigenvalue weighted by Crippen LogP contribution is 2.31. The number of nitrogens with one attached hydrogen (secondary N) is 1. The van der Waals surface area contributed by atoms with Gasteiger partial charge in [-0.15, -0.1) is 0 Å². The molecular formula is C23H27ClN6O2. The maximum absolute atomic E-state index is 12.8. The number of hydrogen-bond acceptors (Lipinski definition) is 5. The first-order valence-electron chi connectivity index (χ1n) is 10.8. The van der Waals surface area contributed by atoms with Crippen LogP contribution in [-0.4, -0.2) is 39.3 Å². The van der Waals surface area contributed by atoms with E-state index in [0.717, 1.165) is 54.3 Å². The number of anilines is 2. The topological polar surface area (TPSA) is 106 Å². The molecule has 3 N–H and O–H groups in total. The zero-order chi connectivity index (χ0) is 22.8. The molecule has 0 saturated carbocycles. The fourth-order valence-corrected chi connectivity index (χ4v) is 4.51. The minimum atomic E-state index is -0.614. The van der Waals surface area contributed by atoms with Crippen molar-refractivity contribution in [3.8, 4) is 0 Å². The van der Waals surface area contributed by atoms with Crippen molar-refractivity contribution in [1.82, 2.24) is 14.4 Å². The summed E-state index contributed by atoms with van der Waals surface area (Å²) in [5, 5.41) is 3.64. The summed E-state index contributed by atoms with van der Waals surface area (Å²) in [6.45, 7) is 5.75. The van der Waals surface area contributed by atoms with Gasteiger partial charge in [0.2, 0.25) is 5.91 Å². The van der Waals surface area contributed by atoms with E-state index in [1.165, 1.54) is 12.7 Å². The second-order valence-electron chi connectivity index (χ2n) is 8.17. The van der Waals surface area contributed by atoms with Crippen LogP contribution in [0, 0.1) is 13.8 Å². The summed E-state index contributed by atoms with van der Waals surface area (Å²) in [7, 11) is 0. The Labute approximate surface area is 191 Å². The molecule has 9 heteroatoms. The molecular weight excluding hydrogens is 428 g/mol. The van der Waals surface area contributed by atoms with Crippen LogP contribution in [0.1, 0.15) is 53.1 Å². The highest BCUT2D eigenvalue weighted by atomic mass is 35.5. The molecule has 0 radical (unpaired) electrons. The van der Waals surface area contributed by atoms with E-state index in [2.05, 4.69) is 20.2 Å². The minimum Gasteiger partial charge on any atom is -0.370 e. The van der Waals surface area contributed by atoms with Crippen LogP contribution in [0.4, 0.5) is 11.4 Å². The Morgan fingerprint density at radius 1 is 1.19 bits per heavy atom. The molecule has 4 rings (SSSR count). The standard InChI is InChI=1S/C23H27ClN6O2/c1-14-17(15(2)30-13-26-21(22(25)32)23(30)27-14)7-9-20(31)28-18-12-16(24)6-8-19(18)29-10-4-3-5-11-29/h6,8,12-13H,3-5,7,9-11H2,1-2H3,(H2,25,32)(H,28,31). The highest BCUT2D eigenvalue weighted by molar-refractivity contribution is 6.31. The number of fused-ring (bicyclic) bond motifs is 1. The van der Waals surface area contributed by atoms with E-state index in [0.29, 0.717) is 17.1 Å². The van der Waals surface area contributed by atoms with Gasteiger partial charge < -0.3 is 16.0 Å². The molecule has 0 unspecified atom stereocenters. The first kappa shape index (κ1) is 22.1. The Balaban J connectivity index is 1.51. The molecule has 2 aromatic heterocycles. The van der Waals surface area contributed by atoms with Crippen LogP contribution in [0.3, 0.4) is 0 Å². The van der Waals surface area contributed by atoms with Crippen molar-refractivity contribution in [3.05, 3.63) is 52.2 Å². The molecule has 0 atom stereocenters. The van der Waals surface area contributed by atoms with E-state index >= 15 is 0 Å². The van der Waals surface area contributed by atoms with Crippen molar-refractivity contribution in [1.29, 1.82) is 0 Å². The van der Waals surface area contributed by atoms with E-state index in [4.69, 9.17) is 17.3 Å². The van der Waals surface area contributed by atoms with Crippen molar-refractivity contribution < 1.29 is 9.59 Å². The molecule has 168 valence electrons. The zero-order valence-corrected chi connectivity index (χ0v) is 19.1. The summed E-state index contributed by atoms with van der Waals surface area (Å²) in [6.07, 6.45) is 5.87. The van der Waals surface area contributed by atoms with Gasteiger partial charge in [-0.2, -0.15) is 0 Å². The van der Waals surface area contributed by atoms with E-state index in [1.54, 1.807) is 4.40 Å². The number of halogens is 1. The molecule has 0 bridgehead atoms. The third-order valence-electron chi connectivity index (χ3n) is 6.02. The lowest BCUT2D eigenvalue weighted by molar-refractivity contribution is -0.116. The number of primary amides is 1. The Hall–Kier alpha value is -3.13. The molecule has 0 spiro atoms. The Bertz CT molecular complexity index is 1180. The quantitative estimate of drug-likeness (QED) is 0.591. The number of rotatable bonds is 6. The van der Waals surface area contributed by atoms with Crippen LogP contribution in [0.15, 0.2) is 24.5 Å². The number of aryl methyl sites for hydroxylation is 2. The highest BCUT2D eigenvalue weighted by Gasteiger charge is 2.19. The lowest BCUT2D eigenvalue weighted by Crippen LogP contribution is -2.30. The first-order valence-corrected chi connectivity index (χ1v) is 11.2. The normalized spacial score (nSPS) is 14.0. The Morgan fingerprint density at radius 3 is 2.66 bits per heavy atom. The summed E-state index contributed by atoms with van der Waals surface area (Å²) in [4.78, 5) is 35.3. The molecule has 0 aliphatic carbocycles. The molecule has 1 fully saturated rings. The number of carbonyl (C=O) groups excluding carboxylic acids is 2. The van der Waals surface area contributed by atoms with E-state index < -0.39 is 5.91 Å². The number of benzene rings is 1. The summed E-state index contributed by atoms with van der Waals surface area (Å²) >= 11 is 6.21. The largest absolute Gasteiger partial charge is 0.370 e. The second kappa shape index (κ2) is 9.16. The number of carbonyl (C=O) groups is 2. The predicted molar refractivity (Wildman–Crippen MR) is 125 cm³/mol. The molecule has 1 aliphatic rings. The van der Waals surface area contributed by atoms with Gasteiger partial charge >= 0.3 is 0 Å². The predicted octanol–water partition coefficient (Wildman–Crippen LogP) is 3.66. The molecule has 1 aromatic carbocycles. The molecule has 3 aromatic rings. The third-order valence-corrected chi connectivity index (χ3v) is 6.25. The van der Waals surface area contributed by atoms with Gasteiger partial charge in [-0.05, 0) is 63.3 Å². The summed E-state index contributed by atoms with van der Waals surface area (Å²) in [5.74, 6) is -0.704. The van der Waals surface area contributed by atoms with Gasteiger partial charge in [0.25, 0.3) is 5.91 Å². The molecule has 8 nitrogen and oxygen atoms in total. The van der Waals surface area contributed by atoms with Gasteiger partial charge in [0.15, 0.2) is 11.3 Å². The number of nitrogens with two attached hydrogens (primary N) is 1. The molecule has 1 saturated heterocycles. The molecule has 1 aliphatic heterocycles. The minimum absolute atomic E-state index is 0.0899. The van der Waals surface area contributed by atoms with E-state index in [-0.39, 0.29) is 18.0 Å². The molecule has 32 heavy (non-hydrogen) atoms. The fraction of sp³-hybridized carbons (Fsp3) is 0.391. The number of hydrogen-bond donors (Lipinski definition) is 2. The Kier molecular flexibility index (Phi) is 6.32. The van der Waals surface area contributed by atoms with E-state index in [1.807, 2.05) is 32.0 Å². The Morgan fingerprint density at radius 2 is 1.94 bits per heavy atom. The molecule has 2 amide bonds. The monoisotopic (exact) mass is 454 g/mol. The first-order chi connectivity index (χ1) is 15.3. The van der Waals surface area contributed by atoms with Crippen LogP contribution in [-0.2, 0) is 11.2 Å². The van der Waals surface area contributed by atoms with Gasteiger partial charge in [-0.25, -0.2) is 9.97 Å². The number of aromatic nitrogens is 3. The average Bonchev–Trinajstić information content (AvgIpc) is 3.18. The SMILES string of the molecule is Cc1nc2c(C(N)=O)ncn2c(C)c1CCC(=O)Nc1cc(Cl)ccc1N1CCCCC1. The van der Waals surface area contributed by atoms with Crippen molar-refractivity contribution in [2.45, 2.75) is 46.0 Å². The number of imidazole rings is 1. The zero-order valence-electron chi connectivity index (χ0n) is 18.3. The maximum atomic E-state index is 12.8. The average molecular weight is 455 g/mol. The number of amides is 2. The fourth-order valence-electron chi connectivity index (χ4n) is 4.33. The maximum Gasteiger partial charge on any atom is 0.271 e. The van der Waals surface area contributed by atoms with Gasteiger partial charge in [0.05, 0.1) is 11.4 Å². The van der Waals surface area contributed by atoms with Crippen LogP contribution in [0.2, 0.25) is 5.02 Å². The summed E-state index contributed by atoms with van der Waals surface area (Å²) < 4.78 is 1.74. The second-order valence-corrected chi connectivity index (χ2v) is 8.61. The summed E-state index contributed by atoms with van der Waals surface area (Å²) in [6, 6.07) is 5.65. The lowest BCUT2D eigenvalue weighted by atomic mass is 10.1. The van der Waals surface area contributed by atoms with Crippen LogP contribution >= 0.6 is 11.6 Å². The number of piperidine rings is 1. The van der Waals surface area contributed by atoms with Crippen LogP contribution < -0.4 is 16.0 Å². The smallest absolute Gasteiger partial charge is 0.271 e. The number of nitrogens with zero attached hydrogens (tertiary/aromatic N) is 4. The third kappa shape index (κ3) is 4.41. The van der Waals surface area contributed by atoms with Crippen molar-refractivity contribution >= 4 is 40.4 Å². The van der Waals surface area contributed by atoms with Gasteiger partial charge in [0.1, 0.15) is 6.33 Å². The molecule has 3 heterocycles. The van der Waals surface area contributed by atoms with Crippen LogP contribution in [0.25, 0.3) is 5.65 Å². The van der Waals surface area contributed by atoms with Crippen molar-refractivity contribution in [2.75, 3.05) is 23.3 Å². The lowest BCUT2D eigenvalue weighted by Gasteiger charge is -2.30. The van der Waals surface area contributed by atoms with Gasteiger partial charge in [-0.3, -0.25) is 14.0 Å². The van der Waals surface area contributed by atoms with Crippen LogP contribution in [0.5, 0.6) is 0 Å². The summed E-state index contributed by atoms with van der Waals surface area (Å²) in [5.41, 5.74) is 10.3. The van der Waals surface area contributed by atoms with E-state index in [9.17, 15) is 9.59 Å².